The fraction of sp³-hybridized carbons (Fsp3) is 0.381. The standard InChI is InChI=1S/C21H25N7O2/c1-14-13-15(2)28-20(22-14)25-18(26-28)19(29)23-16-7-9-17(10-8-16)24-21(30)27-11-5-3-4-6-12-27/h7-10,13H,3-6,11-12H2,1-2H3,(H,23,29)(H,24,30). The number of urea groups is 1. The van der Waals surface area contributed by atoms with Gasteiger partial charge in [-0.2, -0.15) is 4.98 Å². The second kappa shape index (κ2) is 8.48. The second-order valence-corrected chi connectivity index (χ2v) is 7.55. The average molecular weight is 407 g/mol. The van der Waals surface area contributed by atoms with Crippen LogP contribution in [-0.4, -0.2) is 49.5 Å². The zero-order valence-electron chi connectivity index (χ0n) is 17.2. The summed E-state index contributed by atoms with van der Waals surface area (Å²) < 4.78 is 1.55. The Labute approximate surface area is 174 Å². The van der Waals surface area contributed by atoms with E-state index in [1.807, 2.05) is 24.8 Å². The molecule has 0 spiro atoms. The molecule has 0 bridgehead atoms. The highest BCUT2D eigenvalue weighted by Gasteiger charge is 2.17. The summed E-state index contributed by atoms with van der Waals surface area (Å²) in [5, 5.41) is 9.93. The molecule has 2 N–H and O–H groups in total. The van der Waals surface area contributed by atoms with Gasteiger partial charge in [0.1, 0.15) is 0 Å². The van der Waals surface area contributed by atoms with Crippen molar-refractivity contribution in [1.29, 1.82) is 0 Å². The molecule has 1 aromatic carbocycles. The van der Waals surface area contributed by atoms with Gasteiger partial charge in [-0.3, -0.25) is 4.79 Å². The smallest absolute Gasteiger partial charge is 0.321 e. The summed E-state index contributed by atoms with van der Waals surface area (Å²) in [6, 6.07) is 8.79. The molecule has 156 valence electrons. The highest BCUT2D eigenvalue weighted by atomic mass is 16.2. The van der Waals surface area contributed by atoms with Gasteiger partial charge in [0.2, 0.25) is 5.82 Å². The summed E-state index contributed by atoms with van der Waals surface area (Å²) in [5.41, 5.74) is 2.95. The van der Waals surface area contributed by atoms with E-state index in [9.17, 15) is 9.59 Å². The van der Waals surface area contributed by atoms with Crippen LogP contribution in [0.5, 0.6) is 0 Å². The molecule has 0 aliphatic carbocycles. The van der Waals surface area contributed by atoms with E-state index in [0.29, 0.717) is 17.2 Å². The number of anilines is 2. The Morgan fingerprint density at radius 1 is 0.900 bits per heavy atom. The molecule has 0 atom stereocenters. The summed E-state index contributed by atoms with van der Waals surface area (Å²) >= 11 is 0. The normalized spacial score (nSPS) is 14.4. The van der Waals surface area contributed by atoms with Crippen LogP contribution in [-0.2, 0) is 0 Å². The molecule has 1 fully saturated rings. The summed E-state index contributed by atoms with van der Waals surface area (Å²) in [6.45, 7) is 5.34. The Kier molecular flexibility index (Phi) is 5.60. The van der Waals surface area contributed by atoms with Crippen molar-refractivity contribution >= 4 is 29.1 Å². The number of benzene rings is 1. The molecule has 1 saturated heterocycles. The molecule has 30 heavy (non-hydrogen) atoms. The highest BCUT2D eigenvalue weighted by Crippen LogP contribution is 2.16. The van der Waals surface area contributed by atoms with Crippen molar-refractivity contribution < 1.29 is 9.59 Å². The Morgan fingerprint density at radius 3 is 2.20 bits per heavy atom. The molecule has 3 aromatic rings. The minimum Gasteiger partial charge on any atom is -0.325 e. The number of fused-ring (bicyclic) bond motifs is 1. The molecule has 0 radical (unpaired) electrons. The van der Waals surface area contributed by atoms with Gasteiger partial charge in [-0.15, -0.1) is 5.10 Å². The van der Waals surface area contributed by atoms with Crippen LogP contribution in [0.4, 0.5) is 16.2 Å². The van der Waals surface area contributed by atoms with E-state index in [4.69, 9.17) is 0 Å². The summed E-state index contributed by atoms with van der Waals surface area (Å²) in [5.74, 6) is 0.0258. The Bertz CT molecular complexity index is 1070. The van der Waals surface area contributed by atoms with Gasteiger partial charge >= 0.3 is 6.03 Å². The fourth-order valence-corrected chi connectivity index (χ4v) is 3.56. The molecule has 9 heteroatoms. The first-order chi connectivity index (χ1) is 14.5. The molecule has 4 rings (SSSR count). The lowest BCUT2D eigenvalue weighted by Crippen LogP contribution is -2.35. The minimum absolute atomic E-state index is 0.0507. The van der Waals surface area contributed by atoms with E-state index in [1.54, 1.807) is 28.8 Å². The number of aromatic nitrogens is 4. The van der Waals surface area contributed by atoms with Crippen molar-refractivity contribution in [3.63, 3.8) is 0 Å². The van der Waals surface area contributed by atoms with Crippen LogP contribution in [0.15, 0.2) is 30.3 Å². The number of carbonyl (C=O) groups is 2. The van der Waals surface area contributed by atoms with Crippen molar-refractivity contribution in [1.82, 2.24) is 24.5 Å². The minimum atomic E-state index is -0.418. The van der Waals surface area contributed by atoms with Crippen molar-refractivity contribution in [2.75, 3.05) is 23.7 Å². The number of hydrogen-bond acceptors (Lipinski definition) is 5. The molecule has 0 saturated carbocycles. The van der Waals surface area contributed by atoms with Gasteiger partial charge in [0, 0.05) is 35.9 Å². The molecule has 2 aromatic heterocycles. The molecule has 3 heterocycles. The summed E-state index contributed by atoms with van der Waals surface area (Å²) in [6.07, 6.45) is 4.44. The van der Waals surface area contributed by atoms with E-state index in [1.165, 1.54) is 12.8 Å². The predicted molar refractivity (Wildman–Crippen MR) is 114 cm³/mol. The number of likely N-dealkylation sites (tertiary alicyclic amines) is 1. The van der Waals surface area contributed by atoms with E-state index < -0.39 is 5.91 Å². The van der Waals surface area contributed by atoms with E-state index >= 15 is 0 Å². The van der Waals surface area contributed by atoms with Crippen LogP contribution in [0.3, 0.4) is 0 Å². The largest absolute Gasteiger partial charge is 0.325 e. The molecular formula is C21H25N7O2. The van der Waals surface area contributed by atoms with E-state index in [0.717, 1.165) is 37.3 Å². The molecular weight excluding hydrogens is 382 g/mol. The Hall–Kier alpha value is -3.49. The quantitative estimate of drug-likeness (QED) is 0.692. The lowest BCUT2D eigenvalue weighted by atomic mass is 10.2. The number of aryl methyl sites for hydroxylation is 2. The van der Waals surface area contributed by atoms with Crippen LogP contribution in [0.1, 0.15) is 47.7 Å². The zero-order chi connectivity index (χ0) is 21.1. The number of nitrogens with zero attached hydrogens (tertiary/aromatic N) is 5. The number of rotatable bonds is 3. The Morgan fingerprint density at radius 2 is 1.53 bits per heavy atom. The molecule has 3 amide bonds. The SMILES string of the molecule is Cc1cc(C)n2nc(C(=O)Nc3ccc(NC(=O)N4CCCCCC4)cc3)nc2n1. The van der Waals surface area contributed by atoms with Crippen LogP contribution in [0, 0.1) is 13.8 Å². The molecule has 1 aliphatic heterocycles. The summed E-state index contributed by atoms with van der Waals surface area (Å²) in [7, 11) is 0. The summed E-state index contributed by atoms with van der Waals surface area (Å²) in [4.78, 5) is 35.3. The van der Waals surface area contributed by atoms with Crippen molar-refractivity contribution in [3.8, 4) is 0 Å². The maximum Gasteiger partial charge on any atom is 0.321 e. The van der Waals surface area contributed by atoms with E-state index in [-0.39, 0.29) is 11.9 Å². The van der Waals surface area contributed by atoms with Crippen molar-refractivity contribution in [3.05, 3.63) is 47.5 Å². The van der Waals surface area contributed by atoms with Gasteiger partial charge in [0.25, 0.3) is 11.7 Å². The lowest BCUT2D eigenvalue weighted by molar-refractivity contribution is 0.101. The molecule has 9 nitrogen and oxygen atoms in total. The van der Waals surface area contributed by atoms with Crippen LogP contribution >= 0.6 is 0 Å². The van der Waals surface area contributed by atoms with Gasteiger partial charge < -0.3 is 15.5 Å². The molecule has 1 aliphatic rings. The third-order valence-electron chi connectivity index (χ3n) is 5.11. The number of nitrogens with one attached hydrogen (secondary N) is 2. The maximum atomic E-state index is 12.5. The van der Waals surface area contributed by atoms with Crippen molar-refractivity contribution in [2.24, 2.45) is 0 Å². The van der Waals surface area contributed by atoms with Gasteiger partial charge in [-0.25, -0.2) is 14.3 Å². The fourth-order valence-electron chi connectivity index (χ4n) is 3.56. The van der Waals surface area contributed by atoms with Crippen LogP contribution in [0.25, 0.3) is 5.78 Å². The lowest BCUT2D eigenvalue weighted by Gasteiger charge is -2.20. The Balaban J connectivity index is 1.40. The van der Waals surface area contributed by atoms with Crippen molar-refractivity contribution in [2.45, 2.75) is 39.5 Å². The van der Waals surface area contributed by atoms with Gasteiger partial charge in [0.05, 0.1) is 0 Å². The number of hydrogen-bond donors (Lipinski definition) is 2. The second-order valence-electron chi connectivity index (χ2n) is 7.55. The predicted octanol–water partition coefficient (Wildman–Crippen LogP) is 3.40. The van der Waals surface area contributed by atoms with Gasteiger partial charge in [-0.1, -0.05) is 12.8 Å². The first-order valence-electron chi connectivity index (χ1n) is 10.2. The topological polar surface area (TPSA) is 105 Å². The maximum absolute atomic E-state index is 12.5. The average Bonchev–Trinajstić information content (AvgIpc) is 2.96. The highest BCUT2D eigenvalue weighted by molar-refractivity contribution is 6.02. The third-order valence-corrected chi connectivity index (χ3v) is 5.11. The third kappa shape index (κ3) is 4.40. The number of carbonyl (C=O) groups excluding carboxylic acids is 2. The molecule has 0 unspecified atom stereocenters. The zero-order valence-corrected chi connectivity index (χ0v) is 17.2. The first-order valence-corrected chi connectivity index (χ1v) is 10.2. The monoisotopic (exact) mass is 407 g/mol. The first kappa shape index (κ1) is 19.8. The van der Waals surface area contributed by atoms with Crippen LogP contribution < -0.4 is 10.6 Å². The van der Waals surface area contributed by atoms with E-state index in [2.05, 4.69) is 25.7 Å². The van der Waals surface area contributed by atoms with Gasteiger partial charge in [-0.05, 0) is 57.0 Å². The van der Waals surface area contributed by atoms with Crippen LogP contribution in [0.2, 0.25) is 0 Å². The number of amides is 3. The van der Waals surface area contributed by atoms with Gasteiger partial charge in [0.15, 0.2) is 0 Å².